The molecule has 1 aliphatic rings. The number of hydrogen-bond donors (Lipinski definition) is 0. The Kier molecular flexibility index (Phi) is 3.77. The second kappa shape index (κ2) is 5.62. The lowest BCUT2D eigenvalue weighted by molar-refractivity contribution is 0.103. The third kappa shape index (κ3) is 2.77. The molecule has 1 aliphatic heterocycles. The minimum Gasteiger partial charge on any atom is -0.497 e. The molecule has 1 heterocycles. The molecular weight excluding hydrogens is 319 g/mol. The average Bonchev–Trinajstić information content (AvgIpc) is 2.52. The summed E-state index contributed by atoms with van der Waals surface area (Å²) < 4.78 is 43.5. The van der Waals surface area contributed by atoms with Crippen LogP contribution >= 0.6 is 0 Å². The first-order valence-corrected chi connectivity index (χ1v) is 8.48. The molecule has 6 heteroatoms. The maximum absolute atomic E-state index is 13.8. The Hall–Kier alpha value is -2.47. The molecule has 2 aromatic rings. The zero-order valence-electron chi connectivity index (χ0n) is 12.2. The van der Waals surface area contributed by atoms with Gasteiger partial charge in [-0.1, -0.05) is 18.2 Å². The fourth-order valence-electron chi connectivity index (χ4n) is 2.56. The summed E-state index contributed by atoms with van der Waals surface area (Å²) in [5.74, 6) is -1.29. The van der Waals surface area contributed by atoms with Gasteiger partial charge in [-0.25, -0.2) is 12.8 Å². The van der Waals surface area contributed by atoms with Gasteiger partial charge in [-0.05, 0) is 35.9 Å². The summed E-state index contributed by atoms with van der Waals surface area (Å²) in [7, 11) is -2.37. The van der Waals surface area contributed by atoms with Gasteiger partial charge < -0.3 is 4.74 Å². The number of fused-ring (bicyclic) bond motifs is 1. The van der Waals surface area contributed by atoms with E-state index in [0.29, 0.717) is 11.3 Å². The van der Waals surface area contributed by atoms with Crippen LogP contribution in [0.2, 0.25) is 0 Å². The summed E-state index contributed by atoms with van der Waals surface area (Å²) in [4.78, 5) is 12.0. The van der Waals surface area contributed by atoms with Crippen molar-refractivity contribution in [2.75, 3.05) is 12.9 Å². The van der Waals surface area contributed by atoms with Crippen LogP contribution in [0.4, 0.5) is 4.39 Å². The summed E-state index contributed by atoms with van der Waals surface area (Å²) >= 11 is 0. The molecule has 0 amide bonds. The maximum Gasteiger partial charge on any atom is 0.191 e. The molecule has 0 bridgehead atoms. The van der Waals surface area contributed by atoms with E-state index in [1.54, 1.807) is 24.3 Å². The van der Waals surface area contributed by atoms with Crippen LogP contribution in [0.15, 0.2) is 52.9 Å². The molecule has 23 heavy (non-hydrogen) atoms. The number of carbonyl (C=O) groups excluding carboxylic acids is 1. The van der Waals surface area contributed by atoms with Crippen molar-refractivity contribution < 1.29 is 22.3 Å². The lowest BCUT2D eigenvalue weighted by atomic mass is 10.0. The smallest absolute Gasteiger partial charge is 0.191 e. The molecule has 4 nitrogen and oxygen atoms in total. The molecule has 0 aromatic heterocycles. The molecule has 0 aliphatic carbocycles. The van der Waals surface area contributed by atoms with E-state index in [-0.39, 0.29) is 11.1 Å². The highest BCUT2D eigenvalue weighted by Crippen LogP contribution is 2.31. The molecule has 0 N–H and O–H groups in total. The van der Waals surface area contributed by atoms with E-state index in [1.165, 1.54) is 25.3 Å². The number of carbonyl (C=O) groups is 1. The van der Waals surface area contributed by atoms with Crippen molar-refractivity contribution in [2.24, 2.45) is 0 Å². The van der Waals surface area contributed by atoms with Crippen molar-refractivity contribution in [1.82, 2.24) is 0 Å². The first-order valence-electron chi connectivity index (χ1n) is 6.83. The Balaban J connectivity index is 2.13. The topological polar surface area (TPSA) is 60.4 Å². The maximum atomic E-state index is 13.8. The third-order valence-electron chi connectivity index (χ3n) is 3.59. The second-order valence-electron chi connectivity index (χ2n) is 5.15. The van der Waals surface area contributed by atoms with Crippen LogP contribution in [0, 0.1) is 5.82 Å². The highest BCUT2D eigenvalue weighted by molar-refractivity contribution is 7.91. The van der Waals surface area contributed by atoms with Crippen LogP contribution < -0.4 is 4.74 Å². The van der Waals surface area contributed by atoms with Gasteiger partial charge in [0, 0.05) is 11.1 Å². The number of Topliss-reactive ketones (excluding diaryl/α,β-unsaturated/α-hetero) is 1. The summed E-state index contributed by atoms with van der Waals surface area (Å²) in [5.41, 5.74) is 0.629. The molecule has 0 atom stereocenters. The number of sulfone groups is 1. The van der Waals surface area contributed by atoms with Crippen molar-refractivity contribution >= 4 is 21.7 Å². The van der Waals surface area contributed by atoms with Gasteiger partial charge in [0.25, 0.3) is 0 Å². The molecule has 0 radical (unpaired) electrons. The second-order valence-corrected chi connectivity index (χ2v) is 7.08. The Morgan fingerprint density at radius 3 is 2.65 bits per heavy atom. The molecule has 118 valence electrons. The van der Waals surface area contributed by atoms with Gasteiger partial charge in [-0.2, -0.15) is 0 Å². The van der Waals surface area contributed by atoms with Crippen molar-refractivity contribution in [2.45, 2.75) is 4.90 Å². The fourth-order valence-corrected chi connectivity index (χ4v) is 4.19. The van der Waals surface area contributed by atoms with Gasteiger partial charge in [0.1, 0.15) is 16.5 Å². The van der Waals surface area contributed by atoms with Crippen LogP contribution in [0.1, 0.15) is 15.9 Å². The van der Waals surface area contributed by atoms with E-state index in [4.69, 9.17) is 4.74 Å². The van der Waals surface area contributed by atoms with Gasteiger partial charge in [0.05, 0.1) is 12.9 Å². The lowest BCUT2D eigenvalue weighted by Gasteiger charge is -2.18. The zero-order valence-corrected chi connectivity index (χ0v) is 13.1. The van der Waals surface area contributed by atoms with Crippen molar-refractivity contribution in [3.63, 3.8) is 0 Å². The van der Waals surface area contributed by atoms with Crippen LogP contribution in [0.25, 0.3) is 6.08 Å². The van der Waals surface area contributed by atoms with E-state index in [0.717, 1.165) is 6.07 Å². The number of benzene rings is 2. The van der Waals surface area contributed by atoms with Gasteiger partial charge in [0.2, 0.25) is 0 Å². The zero-order chi connectivity index (χ0) is 16.6. The number of rotatable bonds is 2. The first-order chi connectivity index (χ1) is 10.9. The molecule has 0 saturated carbocycles. The minimum absolute atomic E-state index is 0.108. The Bertz CT molecular complexity index is 929. The molecule has 0 saturated heterocycles. The number of hydrogen-bond acceptors (Lipinski definition) is 4. The third-order valence-corrected chi connectivity index (χ3v) is 5.32. The number of ketones is 1. The molecule has 0 fully saturated rings. The quantitative estimate of drug-likeness (QED) is 0.794. The summed E-state index contributed by atoms with van der Waals surface area (Å²) in [5, 5.41) is 0. The van der Waals surface area contributed by atoms with Crippen LogP contribution in [-0.2, 0) is 9.84 Å². The molecule has 0 spiro atoms. The van der Waals surface area contributed by atoms with Crippen molar-refractivity contribution in [3.8, 4) is 5.75 Å². The first kappa shape index (κ1) is 15.4. The SMILES string of the molecule is COc1cccc(/C=C2\CS(=O)(=O)c3c(F)cccc3C2=O)c1. The molecule has 3 rings (SSSR count). The van der Waals surface area contributed by atoms with Crippen LogP contribution in [0.5, 0.6) is 5.75 Å². The average molecular weight is 332 g/mol. The van der Waals surface area contributed by atoms with Gasteiger partial charge in [-0.15, -0.1) is 0 Å². The van der Waals surface area contributed by atoms with Crippen molar-refractivity contribution in [1.29, 1.82) is 0 Å². The number of methoxy groups -OCH3 is 1. The Morgan fingerprint density at radius 1 is 1.17 bits per heavy atom. The lowest BCUT2D eigenvalue weighted by Crippen LogP contribution is -2.25. The number of halogens is 1. The van der Waals surface area contributed by atoms with E-state index < -0.39 is 32.1 Å². The highest BCUT2D eigenvalue weighted by atomic mass is 32.2. The summed E-state index contributed by atoms with van der Waals surface area (Å²) in [6.45, 7) is 0. The largest absolute Gasteiger partial charge is 0.497 e. The van der Waals surface area contributed by atoms with Gasteiger partial charge >= 0.3 is 0 Å². The van der Waals surface area contributed by atoms with E-state index in [2.05, 4.69) is 0 Å². The predicted molar refractivity (Wildman–Crippen MR) is 83.8 cm³/mol. The summed E-state index contributed by atoms with van der Waals surface area (Å²) in [6, 6.07) is 10.6. The van der Waals surface area contributed by atoms with Crippen LogP contribution in [-0.4, -0.2) is 27.1 Å². The molecule has 2 aromatic carbocycles. The fraction of sp³-hybridized carbons (Fsp3) is 0.118. The van der Waals surface area contributed by atoms with Gasteiger partial charge in [0.15, 0.2) is 15.6 Å². The van der Waals surface area contributed by atoms with Crippen LogP contribution in [0.3, 0.4) is 0 Å². The van der Waals surface area contributed by atoms with Gasteiger partial charge in [-0.3, -0.25) is 4.79 Å². The van der Waals surface area contributed by atoms with E-state index in [9.17, 15) is 17.6 Å². The highest BCUT2D eigenvalue weighted by Gasteiger charge is 2.35. The van der Waals surface area contributed by atoms with Crippen molar-refractivity contribution in [3.05, 3.63) is 65.0 Å². The van der Waals surface area contributed by atoms with E-state index in [1.807, 2.05) is 0 Å². The Morgan fingerprint density at radius 2 is 1.91 bits per heavy atom. The Labute approximate surface area is 133 Å². The standard InChI is InChI=1S/C17H13FO4S/c1-22-13-5-2-4-11(9-13)8-12-10-23(20,21)17-14(16(12)19)6-3-7-15(17)18/h2-9H,10H2,1H3/b12-8+. The minimum atomic E-state index is -3.89. The summed E-state index contributed by atoms with van der Waals surface area (Å²) in [6.07, 6.45) is 1.50. The molecular formula is C17H13FO4S. The van der Waals surface area contributed by atoms with E-state index >= 15 is 0 Å². The molecule has 0 unspecified atom stereocenters. The normalized spacial score (nSPS) is 17.8. The number of ether oxygens (including phenoxy) is 1. The predicted octanol–water partition coefficient (Wildman–Crippen LogP) is 2.89. The monoisotopic (exact) mass is 332 g/mol.